The highest BCUT2D eigenvalue weighted by Crippen LogP contribution is 2.37. The Morgan fingerprint density at radius 3 is 2.74 bits per heavy atom. The fraction of sp³-hybridized carbons (Fsp3) is 0.368. The first-order valence-corrected chi connectivity index (χ1v) is 8.27. The normalized spacial score (nSPS) is 16.0. The molecular formula is C19H20N2O2. The highest BCUT2D eigenvalue weighted by atomic mass is 16.5. The molecule has 1 fully saturated rings. The molecule has 0 atom stereocenters. The summed E-state index contributed by atoms with van der Waals surface area (Å²) in [4.78, 5) is 20.3. The van der Waals surface area contributed by atoms with Gasteiger partial charge >= 0.3 is 5.97 Å². The Hall–Kier alpha value is -2.36. The van der Waals surface area contributed by atoms with Crippen LogP contribution < -0.4 is 0 Å². The lowest BCUT2D eigenvalue weighted by Crippen LogP contribution is -2.11. The van der Waals surface area contributed by atoms with Crippen LogP contribution in [0.2, 0.25) is 0 Å². The van der Waals surface area contributed by atoms with Crippen LogP contribution in [0.3, 0.4) is 0 Å². The number of esters is 1. The second kappa shape index (κ2) is 5.69. The van der Waals surface area contributed by atoms with Gasteiger partial charge in [0.05, 0.1) is 18.3 Å². The van der Waals surface area contributed by atoms with E-state index in [1.54, 1.807) is 0 Å². The second-order valence-corrected chi connectivity index (χ2v) is 6.31. The zero-order valence-corrected chi connectivity index (χ0v) is 13.3. The fourth-order valence-electron chi connectivity index (χ4n) is 3.75. The smallest absolute Gasteiger partial charge is 0.356 e. The fourth-order valence-corrected chi connectivity index (χ4v) is 3.75. The van der Waals surface area contributed by atoms with E-state index in [4.69, 9.17) is 4.74 Å². The minimum atomic E-state index is -0.366. The number of carbonyl (C=O) groups is 1. The molecule has 1 aliphatic rings. The number of rotatable bonds is 2. The number of para-hydroxylation sites is 1. The van der Waals surface area contributed by atoms with Gasteiger partial charge < -0.3 is 9.72 Å². The molecule has 0 spiro atoms. The number of nitrogens with one attached hydrogen (secondary N) is 1. The van der Waals surface area contributed by atoms with E-state index in [0.29, 0.717) is 11.6 Å². The van der Waals surface area contributed by atoms with Crippen molar-refractivity contribution in [2.75, 3.05) is 7.11 Å². The van der Waals surface area contributed by atoms with Crippen molar-refractivity contribution >= 4 is 27.8 Å². The topological polar surface area (TPSA) is 55.0 Å². The molecule has 0 bridgehead atoms. The lowest BCUT2D eigenvalue weighted by Gasteiger charge is -2.22. The Morgan fingerprint density at radius 2 is 1.96 bits per heavy atom. The van der Waals surface area contributed by atoms with Gasteiger partial charge in [0.15, 0.2) is 0 Å². The van der Waals surface area contributed by atoms with Crippen LogP contribution in [0.15, 0.2) is 30.3 Å². The third-order valence-electron chi connectivity index (χ3n) is 4.91. The van der Waals surface area contributed by atoms with E-state index >= 15 is 0 Å². The Balaban J connectivity index is 1.99. The maximum Gasteiger partial charge on any atom is 0.356 e. The second-order valence-electron chi connectivity index (χ2n) is 6.31. The molecule has 118 valence electrons. The van der Waals surface area contributed by atoms with E-state index in [0.717, 1.165) is 40.3 Å². The lowest BCUT2D eigenvalue weighted by atomic mass is 9.86. The van der Waals surface area contributed by atoms with Crippen LogP contribution in [-0.4, -0.2) is 23.0 Å². The summed E-state index contributed by atoms with van der Waals surface area (Å²) in [6, 6.07) is 10.0. The average molecular weight is 308 g/mol. The molecule has 0 saturated heterocycles. The SMILES string of the molecule is COC(=O)c1cc2c([nH]c3ccccc32)c(C2CCCCC2)n1. The van der Waals surface area contributed by atoms with Gasteiger partial charge in [-0.2, -0.15) is 0 Å². The minimum absolute atomic E-state index is 0.366. The maximum absolute atomic E-state index is 12.1. The van der Waals surface area contributed by atoms with Crippen molar-refractivity contribution in [1.82, 2.24) is 9.97 Å². The average Bonchev–Trinajstić information content (AvgIpc) is 2.99. The number of benzene rings is 1. The molecule has 3 aromatic rings. The summed E-state index contributed by atoms with van der Waals surface area (Å²) in [6.45, 7) is 0. The van der Waals surface area contributed by atoms with Crippen LogP contribution in [0.1, 0.15) is 54.2 Å². The predicted molar refractivity (Wildman–Crippen MR) is 90.8 cm³/mol. The summed E-state index contributed by atoms with van der Waals surface area (Å²) < 4.78 is 4.90. The van der Waals surface area contributed by atoms with Gasteiger partial charge in [-0.25, -0.2) is 9.78 Å². The van der Waals surface area contributed by atoms with Crippen molar-refractivity contribution in [2.24, 2.45) is 0 Å². The van der Waals surface area contributed by atoms with Crippen LogP contribution in [0.5, 0.6) is 0 Å². The summed E-state index contributed by atoms with van der Waals surface area (Å²) in [5.74, 6) is 0.0539. The van der Waals surface area contributed by atoms with E-state index in [-0.39, 0.29) is 5.97 Å². The molecule has 2 heterocycles. The number of carbonyl (C=O) groups excluding carboxylic acids is 1. The first-order valence-electron chi connectivity index (χ1n) is 8.27. The quantitative estimate of drug-likeness (QED) is 0.707. The van der Waals surface area contributed by atoms with Crippen LogP contribution in [0.4, 0.5) is 0 Å². The monoisotopic (exact) mass is 308 g/mol. The number of H-pyrrole nitrogens is 1. The Labute approximate surface area is 134 Å². The molecule has 4 heteroatoms. The van der Waals surface area contributed by atoms with Crippen LogP contribution in [-0.2, 0) is 4.74 Å². The van der Waals surface area contributed by atoms with Gasteiger partial charge in [0.1, 0.15) is 5.69 Å². The van der Waals surface area contributed by atoms with Crippen molar-refractivity contribution in [3.63, 3.8) is 0 Å². The lowest BCUT2D eigenvalue weighted by molar-refractivity contribution is 0.0594. The zero-order chi connectivity index (χ0) is 15.8. The van der Waals surface area contributed by atoms with Gasteiger partial charge in [-0.1, -0.05) is 37.5 Å². The van der Waals surface area contributed by atoms with Crippen molar-refractivity contribution in [1.29, 1.82) is 0 Å². The van der Waals surface area contributed by atoms with Gasteiger partial charge in [-0.15, -0.1) is 0 Å². The number of hydrogen-bond donors (Lipinski definition) is 1. The van der Waals surface area contributed by atoms with Crippen LogP contribution >= 0.6 is 0 Å². The Kier molecular flexibility index (Phi) is 3.52. The van der Waals surface area contributed by atoms with E-state index < -0.39 is 0 Å². The Bertz CT molecular complexity index is 876. The number of methoxy groups -OCH3 is 1. The van der Waals surface area contributed by atoms with Gasteiger partial charge in [-0.05, 0) is 25.0 Å². The molecule has 1 saturated carbocycles. The molecule has 1 aliphatic carbocycles. The molecule has 23 heavy (non-hydrogen) atoms. The van der Waals surface area contributed by atoms with E-state index in [2.05, 4.69) is 22.1 Å². The first kappa shape index (κ1) is 14.2. The predicted octanol–water partition coefficient (Wildman–Crippen LogP) is 4.55. The molecule has 4 rings (SSSR count). The van der Waals surface area contributed by atoms with Gasteiger partial charge in [-0.3, -0.25) is 0 Å². The van der Waals surface area contributed by atoms with Crippen molar-refractivity contribution in [3.05, 3.63) is 41.7 Å². The van der Waals surface area contributed by atoms with Crippen molar-refractivity contribution < 1.29 is 9.53 Å². The minimum Gasteiger partial charge on any atom is -0.464 e. The van der Waals surface area contributed by atoms with Crippen LogP contribution in [0, 0.1) is 0 Å². The largest absolute Gasteiger partial charge is 0.464 e. The molecule has 0 unspecified atom stereocenters. The van der Waals surface area contributed by atoms with E-state index in [1.165, 1.54) is 26.4 Å². The molecule has 0 radical (unpaired) electrons. The van der Waals surface area contributed by atoms with E-state index in [1.807, 2.05) is 18.2 Å². The summed E-state index contributed by atoms with van der Waals surface area (Å²) >= 11 is 0. The van der Waals surface area contributed by atoms with Gasteiger partial charge in [0.25, 0.3) is 0 Å². The molecule has 2 aromatic heterocycles. The Morgan fingerprint density at radius 1 is 1.17 bits per heavy atom. The molecule has 0 amide bonds. The van der Waals surface area contributed by atoms with E-state index in [9.17, 15) is 4.79 Å². The van der Waals surface area contributed by atoms with Crippen molar-refractivity contribution in [3.8, 4) is 0 Å². The summed E-state index contributed by atoms with van der Waals surface area (Å²) in [5.41, 5.74) is 3.60. The highest BCUT2D eigenvalue weighted by molar-refractivity contribution is 6.09. The zero-order valence-electron chi connectivity index (χ0n) is 13.3. The third kappa shape index (κ3) is 2.38. The van der Waals surface area contributed by atoms with Crippen molar-refractivity contribution in [2.45, 2.75) is 38.0 Å². The summed E-state index contributed by atoms with van der Waals surface area (Å²) in [6.07, 6.45) is 6.04. The number of pyridine rings is 1. The van der Waals surface area contributed by atoms with Gasteiger partial charge in [0.2, 0.25) is 0 Å². The maximum atomic E-state index is 12.1. The highest BCUT2D eigenvalue weighted by Gasteiger charge is 2.23. The molecule has 4 nitrogen and oxygen atoms in total. The first-order chi connectivity index (χ1) is 11.3. The molecular weight excluding hydrogens is 288 g/mol. The van der Waals surface area contributed by atoms with Crippen LogP contribution in [0.25, 0.3) is 21.8 Å². The number of hydrogen-bond acceptors (Lipinski definition) is 3. The molecule has 0 aliphatic heterocycles. The standard InChI is InChI=1S/C19H20N2O2/c1-23-19(22)16-11-14-13-9-5-6-10-15(13)20-18(14)17(21-16)12-7-3-2-4-8-12/h5-6,9-12,20H,2-4,7-8H2,1H3. The number of ether oxygens (including phenoxy) is 1. The number of nitrogens with zero attached hydrogens (tertiary/aromatic N) is 1. The number of aromatic nitrogens is 2. The summed E-state index contributed by atoms with van der Waals surface area (Å²) in [5, 5.41) is 2.20. The third-order valence-corrected chi connectivity index (χ3v) is 4.91. The number of aromatic amines is 1. The molecule has 1 N–H and O–H groups in total. The molecule has 1 aromatic carbocycles. The van der Waals surface area contributed by atoms with Gasteiger partial charge in [0, 0.05) is 22.2 Å². The number of fused-ring (bicyclic) bond motifs is 3. The summed E-state index contributed by atoms with van der Waals surface area (Å²) in [7, 11) is 1.41.